The maximum absolute atomic E-state index is 14.6. The van der Waals surface area contributed by atoms with Gasteiger partial charge in [0.05, 0.1) is 12.1 Å². The summed E-state index contributed by atoms with van der Waals surface area (Å²) < 4.78 is 29.2. The van der Waals surface area contributed by atoms with Crippen LogP contribution >= 0.6 is 0 Å². The molecule has 28 heavy (non-hydrogen) atoms. The number of rotatable bonds is 5. The van der Waals surface area contributed by atoms with E-state index < -0.39 is 24.4 Å². The Morgan fingerprint density at radius 2 is 1.68 bits per heavy atom. The highest BCUT2D eigenvalue weighted by atomic mass is 19.3. The SMILES string of the molecule is CN(C)C(=O)N1CC(c2ccccc2)=CC1(CC(F)(F)CN)c1ccccc1. The Morgan fingerprint density at radius 3 is 2.21 bits per heavy atom. The number of hydrogen-bond donors (Lipinski definition) is 1. The Labute approximate surface area is 164 Å². The zero-order valence-electron chi connectivity index (χ0n) is 16.1. The molecular weight excluding hydrogens is 360 g/mol. The first kappa shape index (κ1) is 20.0. The molecule has 2 amide bonds. The highest BCUT2D eigenvalue weighted by Crippen LogP contribution is 2.46. The van der Waals surface area contributed by atoms with E-state index in [0.717, 1.165) is 11.1 Å². The predicted molar refractivity (Wildman–Crippen MR) is 107 cm³/mol. The van der Waals surface area contributed by atoms with Gasteiger partial charge in [-0.2, -0.15) is 0 Å². The van der Waals surface area contributed by atoms with E-state index in [1.54, 1.807) is 38.4 Å². The van der Waals surface area contributed by atoms with Gasteiger partial charge in [0.1, 0.15) is 0 Å². The number of amides is 2. The Balaban J connectivity index is 2.20. The van der Waals surface area contributed by atoms with Crippen LogP contribution in [0.5, 0.6) is 0 Å². The number of benzene rings is 2. The lowest BCUT2D eigenvalue weighted by Crippen LogP contribution is -2.52. The van der Waals surface area contributed by atoms with Crippen molar-refractivity contribution in [1.29, 1.82) is 0 Å². The van der Waals surface area contributed by atoms with E-state index in [1.165, 1.54) is 9.80 Å². The van der Waals surface area contributed by atoms with Crippen LogP contribution in [0, 0.1) is 0 Å². The second-order valence-corrected chi connectivity index (χ2v) is 7.33. The third-order valence-corrected chi connectivity index (χ3v) is 5.08. The summed E-state index contributed by atoms with van der Waals surface area (Å²) in [6, 6.07) is 18.2. The minimum Gasteiger partial charge on any atom is -0.331 e. The van der Waals surface area contributed by atoms with Gasteiger partial charge in [-0.05, 0) is 22.8 Å². The van der Waals surface area contributed by atoms with Crippen LogP contribution in [0.1, 0.15) is 17.5 Å². The highest BCUT2D eigenvalue weighted by molar-refractivity contribution is 5.83. The fourth-order valence-electron chi connectivity index (χ4n) is 3.71. The second-order valence-electron chi connectivity index (χ2n) is 7.33. The van der Waals surface area contributed by atoms with Gasteiger partial charge in [-0.1, -0.05) is 60.7 Å². The van der Waals surface area contributed by atoms with Crippen LogP contribution in [0.3, 0.4) is 0 Å². The van der Waals surface area contributed by atoms with Crippen LogP contribution in [0.4, 0.5) is 13.6 Å². The summed E-state index contributed by atoms with van der Waals surface area (Å²) in [5, 5.41) is 0. The van der Waals surface area contributed by atoms with E-state index >= 15 is 0 Å². The average Bonchev–Trinajstić information content (AvgIpc) is 3.08. The summed E-state index contributed by atoms with van der Waals surface area (Å²) in [5.41, 5.74) is 6.48. The topological polar surface area (TPSA) is 49.6 Å². The summed E-state index contributed by atoms with van der Waals surface area (Å²) in [6.45, 7) is -0.531. The van der Waals surface area contributed by atoms with Crippen molar-refractivity contribution in [3.05, 3.63) is 77.9 Å². The van der Waals surface area contributed by atoms with Gasteiger partial charge in [0, 0.05) is 27.1 Å². The smallest absolute Gasteiger partial charge is 0.320 e. The summed E-state index contributed by atoms with van der Waals surface area (Å²) >= 11 is 0. The van der Waals surface area contributed by atoms with E-state index in [0.29, 0.717) is 5.56 Å². The molecule has 0 radical (unpaired) electrons. The van der Waals surface area contributed by atoms with Crippen molar-refractivity contribution in [3.8, 4) is 0 Å². The van der Waals surface area contributed by atoms with E-state index in [4.69, 9.17) is 5.73 Å². The summed E-state index contributed by atoms with van der Waals surface area (Å²) in [4.78, 5) is 16.0. The van der Waals surface area contributed by atoms with E-state index in [9.17, 15) is 13.6 Å². The van der Waals surface area contributed by atoms with Gasteiger partial charge in [-0.25, -0.2) is 13.6 Å². The molecule has 1 heterocycles. The molecule has 2 aromatic carbocycles. The van der Waals surface area contributed by atoms with Crippen LogP contribution in [0.2, 0.25) is 0 Å². The standard InChI is InChI=1S/C22H25F2N3O/c1-26(2)20(28)27-14-18(17-9-5-3-6-10-17)13-21(27,15-22(23,24)16-25)19-11-7-4-8-12-19/h3-13H,14-16,25H2,1-2H3. The number of nitrogens with zero attached hydrogens (tertiary/aromatic N) is 2. The lowest BCUT2D eigenvalue weighted by molar-refractivity contribution is -0.0347. The van der Waals surface area contributed by atoms with Crippen molar-refractivity contribution >= 4 is 11.6 Å². The van der Waals surface area contributed by atoms with Gasteiger partial charge < -0.3 is 15.5 Å². The molecular formula is C22H25F2N3O. The van der Waals surface area contributed by atoms with Gasteiger partial charge in [0.25, 0.3) is 5.92 Å². The molecule has 0 saturated carbocycles. The first-order valence-corrected chi connectivity index (χ1v) is 9.18. The fourth-order valence-corrected chi connectivity index (χ4v) is 3.71. The molecule has 148 valence electrons. The van der Waals surface area contributed by atoms with Crippen molar-refractivity contribution in [2.24, 2.45) is 5.73 Å². The summed E-state index contributed by atoms with van der Waals surface area (Å²) in [5.74, 6) is -3.12. The molecule has 0 spiro atoms. The fraction of sp³-hybridized carbons (Fsp3) is 0.318. The van der Waals surface area contributed by atoms with Crippen molar-refractivity contribution < 1.29 is 13.6 Å². The highest BCUT2D eigenvalue weighted by Gasteiger charge is 2.50. The van der Waals surface area contributed by atoms with Crippen molar-refractivity contribution in [2.75, 3.05) is 27.2 Å². The molecule has 2 aromatic rings. The molecule has 1 aliphatic rings. The number of hydrogen-bond acceptors (Lipinski definition) is 2. The third kappa shape index (κ3) is 3.78. The zero-order chi connectivity index (χ0) is 20.4. The Bertz CT molecular complexity index is 853. The number of halogens is 2. The molecule has 1 atom stereocenters. The number of nitrogens with two attached hydrogens (primary N) is 1. The normalized spacial score (nSPS) is 19.5. The third-order valence-electron chi connectivity index (χ3n) is 5.08. The summed E-state index contributed by atoms with van der Waals surface area (Å²) in [7, 11) is 3.25. The molecule has 6 heteroatoms. The van der Waals surface area contributed by atoms with Crippen molar-refractivity contribution in [3.63, 3.8) is 0 Å². The molecule has 4 nitrogen and oxygen atoms in total. The van der Waals surface area contributed by atoms with E-state index in [1.807, 2.05) is 42.5 Å². The molecule has 0 aliphatic carbocycles. The maximum Gasteiger partial charge on any atom is 0.320 e. The average molecular weight is 385 g/mol. The van der Waals surface area contributed by atoms with Gasteiger partial charge in [0.2, 0.25) is 0 Å². The zero-order valence-corrected chi connectivity index (χ0v) is 16.1. The van der Waals surface area contributed by atoms with E-state index in [2.05, 4.69) is 0 Å². The Kier molecular flexibility index (Phi) is 5.52. The quantitative estimate of drug-likeness (QED) is 0.847. The van der Waals surface area contributed by atoms with Gasteiger partial charge >= 0.3 is 6.03 Å². The predicted octanol–water partition coefficient (Wildman–Crippen LogP) is 3.95. The van der Waals surface area contributed by atoms with E-state index in [-0.39, 0.29) is 12.6 Å². The lowest BCUT2D eigenvalue weighted by atomic mass is 9.83. The second kappa shape index (κ2) is 7.72. The molecule has 3 rings (SSSR count). The molecule has 2 N–H and O–H groups in total. The number of carbonyl (C=O) groups excluding carboxylic acids is 1. The minimum atomic E-state index is -3.12. The first-order chi connectivity index (χ1) is 13.3. The molecule has 0 bridgehead atoms. The lowest BCUT2D eigenvalue weighted by Gasteiger charge is -2.41. The first-order valence-electron chi connectivity index (χ1n) is 9.18. The van der Waals surface area contributed by atoms with Crippen molar-refractivity contribution in [1.82, 2.24) is 9.80 Å². The largest absolute Gasteiger partial charge is 0.331 e. The number of alkyl halides is 2. The van der Waals surface area contributed by atoms with Crippen LogP contribution in [0.15, 0.2) is 66.7 Å². The van der Waals surface area contributed by atoms with Crippen LogP contribution < -0.4 is 5.73 Å². The molecule has 1 unspecified atom stereocenters. The maximum atomic E-state index is 14.6. The molecule has 0 aromatic heterocycles. The number of urea groups is 1. The molecule has 0 fully saturated rings. The Hall–Kier alpha value is -2.73. The molecule has 0 saturated heterocycles. The number of carbonyl (C=O) groups is 1. The van der Waals surface area contributed by atoms with Gasteiger partial charge in [0.15, 0.2) is 0 Å². The van der Waals surface area contributed by atoms with Gasteiger partial charge in [-0.3, -0.25) is 0 Å². The van der Waals surface area contributed by atoms with Crippen LogP contribution in [-0.4, -0.2) is 48.9 Å². The Morgan fingerprint density at radius 1 is 1.11 bits per heavy atom. The molecule has 1 aliphatic heterocycles. The van der Waals surface area contributed by atoms with Crippen LogP contribution in [0.25, 0.3) is 5.57 Å². The van der Waals surface area contributed by atoms with Crippen molar-refractivity contribution in [2.45, 2.75) is 17.9 Å². The monoisotopic (exact) mass is 385 g/mol. The minimum absolute atomic E-state index is 0.247. The summed E-state index contributed by atoms with van der Waals surface area (Å²) in [6.07, 6.45) is 1.24. The van der Waals surface area contributed by atoms with Gasteiger partial charge in [-0.15, -0.1) is 0 Å². The van der Waals surface area contributed by atoms with Crippen LogP contribution in [-0.2, 0) is 5.54 Å².